The highest BCUT2D eigenvalue weighted by atomic mass is 16.5. The largest absolute Gasteiger partial charge is 0.496 e. The molecule has 3 rings (SSSR count). The summed E-state index contributed by atoms with van der Waals surface area (Å²) in [5, 5.41) is 9.33. The van der Waals surface area contributed by atoms with E-state index in [-0.39, 0.29) is 11.1 Å². The van der Waals surface area contributed by atoms with Crippen LogP contribution in [0.1, 0.15) is 67.1 Å². The van der Waals surface area contributed by atoms with E-state index < -0.39 is 5.97 Å². The molecule has 0 saturated carbocycles. The minimum Gasteiger partial charge on any atom is -0.496 e. The van der Waals surface area contributed by atoms with Crippen molar-refractivity contribution in [1.29, 1.82) is 0 Å². The van der Waals surface area contributed by atoms with Crippen molar-refractivity contribution in [2.24, 2.45) is 4.99 Å². The van der Waals surface area contributed by atoms with Crippen LogP contribution in [-0.4, -0.2) is 36.5 Å². The Morgan fingerprint density at radius 1 is 1.38 bits per heavy atom. The molecular weight excluding hydrogens is 364 g/mol. The van der Waals surface area contributed by atoms with Crippen LogP contribution in [0.25, 0.3) is 0 Å². The Hall–Kier alpha value is -2.82. The van der Waals surface area contributed by atoms with Crippen LogP contribution < -0.4 is 9.64 Å². The first-order valence-corrected chi connectivity index (χ1v) is 10.1. The Balaban J connectivity index is 2.06. The number of nitrogens with zero attached hydrogens (tertiary/aromatic N) is 2. The van der Waals surface area contributed by atoms with E-state index in [0.717, 1.165) is 24.3 Å². The van der Waals surface area contributed by atoms with E-state index in [1.165, 1.54) is 11.3 Å². The van der Waals surface area contributed by atoms with Gasteiger partial charge in [-0.15, -0.1) is 0 Å². The number of carboxylic acids is 1. The van der Waals surface area contributed by atoms with Crippen LogP contribution in [0.5, 0.6) is 5.75 Å². The molecule has 1 atom stereocenters. The molecule has 0 saturated heterocycles. The summed E-state index contributed by atoms with van der Waals surface area (Å²) >= 11 is 0. The van der Waals surface area contributed by atoms with Gasteiger partial charge in [-0.05, 0) is 69.4 Å². The van der Waals surface area contributed by atoms with Gasteiger partial charge in [-0.25, -0.2) is 4.79 Å². The molecule has 0 amide bonds. The lowest BCUT2D eigenvalue weighted by Gasteiger charge is -2.47. The standard InChI is InChI=1S/C24H30N2O3/c1-7-26-21-12-22(29-6)17(11-19(21)15(2)13-24(26,4)5)14-25-20-10-8-9-18(16(20)3)23(27)28/h8-12,14-15H,7,13H2,1-6H3,(H,27,28). The van der Waals surface area contributed by atoms with Gasteiger partial charge in [0.1, 0.15) is 5.75 Å². The molecule has 5 heteroatoms. The Labute approximate surface area is 173 Å². The van der Waals surface area contributed by atoms with E-state index >= 15 is 0 Å². The molecule has 0 aromatic heterocycles. The average molecular weight is 395 g/mol. The number of rotatable bonds is 5. The number of aromatic carboxylic acids is 1. The van der Waals surface area contributed by atoms with Crippen LogP contribution >= 0.6 is 0 Å². The van der Waals surface area contributed by atoms with Crippen molar-refractivity contribution in [3.05, 3.63) is 52.6 Å². The highest BCUT2D eigenvalue weighted by molar-refractivity contribution is 5.92. The second-order valence-corrected chi connectivity index (χ2v) is 8.33. The van der Waals surface area contributed by atoms with Crippen LogP contribution in [0.4, 0.5) is 11.4 Å². The summed E-state index contributed by atoms with van der Waals surface area (Å²) in [4.78, 5) is 18.4. The molecule has 1 N–H and O–H groups in total. The molecule has 0 aliphatic carbocycles. The topological polar surface area (TPSA) is 62.1 Å². The van der Waals surface area contributed by atoms with Gasteiger partial charge in [0.05, 0.1) is 18.4 Å². The molecule has 2 aromatic carbocycles. The number of methoxy groups -OCH3 is 1. The van der Waals surface area contributed by atoms with Gasteiger partial charge in [0.25, 0.3) is 0 Å². The first-order valence-electron chi connectivity index (χ1n) is 10.1. The fraction of sp³-hybridized carbons (Fsp3) is 0.417. The van der Waals surface area contributed by atoms with Gasteiger partial charge >= 0.3 is 5.97 Å². The maximum atomic E-state index is 11.4. The maximum Gasteiger partial charge on any atom is 0.336 e. The number of carboxylic acid groups (broad SMARTS) is 1. The number of benzene rings is 2. The number of fused-ring (bicyclic) bond motifs is 1. The number of hydrogen-bond acceptors (Lipinski definition) is 4. The third-order valence-corrected chi connectivity index (χ3v) is 5.93. The molecule has 0 bridgehead atoms. The minimum absolute atomic E-state index is 0.0934. The van der Waals surface area contributed by atoms with Crippen molar-refractivity contribution in [3.8, 4) is 5.75 Å². The maximum absolute atomic E-state index is 11.4. The summed E-state index contributed by atoms with van der Waals surface area (Å²) in [6, 6.07) is 9.41. The number of aliphatic imine (C=N–C) groups is 1. The molecule has 1 aliphatic rings. The van der Waals surface area contributed by atoms with E-state index in [2.05, 4.69) is 49.7 Å². The molecule has 0 radical (unpaired) electrons. The van der Waals surface area contributed by atoms with Crippen molar-refractivity contribution < 1.29 is 14.6 Å². The molecule has 1 unspecified atom stereocenters. The SMILES string of the molecule is CCN1c2cc(OC)c(C=Nc3cccc(C(=O)O)c3C)cc2C(C)CC1(C)C. The van der Waals surface area contributed by atoms with Crippen LogP contribution in [-0.2, 0) is 0 Å². The molecule has 1 heterocycles. The second kappa shape index (κ2) is 7.90. The lowest BCUT2D eigenvalue weighted by atomic mass is 9.79. The fourth-order valence-corrected chi connectivity index (χ4v) is 4.54. The summed E-state index contributed by atoms with van der Waals surface area (Å²) in [5.74, 6) is 0.253. The van der Waals surface area contributed by atoms with Crippen molar-refractivity contribution in [1.82, 2.24) is 0 Å². The van der Waals surface area contributed by atoms with Crippen molar-refractivity contribution in [2.75, 3.05) is 18.6 Å². The summed E-state index contributed by atoms with van der Waals surface area (Å²) in [6.07, 6.45) is 2.85. The van der Waals surface area contributed by atoms with Crippen molar-refractivity contribution in [3.63, 3.8) is 0 Å². The van der Waals surface area contributed by atoms with Gasteiger partial charge in [0, 0.05) is 35.6 Å². The first kappa shape index (κ1) is 20.9. The van der Waals surface area contributed by atoms with Gasteiger partial charge in [0.2, 0.25) is 0 Å². The minimum atomic E-state index is -0.943. The van der Waals surface area contributed by atoms with E-state index in [9.17, 15) is 9.90 Å². The lowest BCUT2D eigenvalue weighted by molar-refractivity contribution is 0.0696. The van der Waals surface area contributed by atoms with Crippen molar-refractivity contribution >= 4 is 23.6 Å². The van der Waals surface area contributed by atoms with Crippen molar-refractivity contribution in [2.45, 2.75) is 52.5 Å². The molecule has 0 spiro atoms. The van der Waals surface area contributed by atoms with Crippen LogP contribution in [0.15, 0.2) is 35.3 Å². The Bertz CT molecular complexity index is 963. The fourth-order valence-electron chi connectivity index (χ4n) is 4.54. The van der Waals surface area contributed by atoms with Crippen LogP contribution in [0.2, 0.25) is 0 Å². The summed E-state index contributed by atoms with van der Waals surface area (Å²) in [5.41, 5.74) is 5.07. The third kappa shape index (κ3) is 3.86. The Kier molecular flexibility index (Phi) is 5.69. The molecule has 2 aromatic rings. The van der Waals surface area contributed by atoms with Gasteiger partial charge in [-0.2, -0.15) is 0 Å². The molecular formula is C24H30N2O3. The van der Waals surface area contributed by atoms with E-state index in [1.807, 2.05) is 6.07 Å². The van der Waals surface area contributed by atoms with Gasteiger partial charge in [0.15, 0.2) is 0 Å². The number of anilines is 1. The predicted molar refractivity (Wildman–Crippen MR) is 119 cm³/mol. The smallest absolute Gasteiger partial charge is 0.336 e. The molecule has 0 fully saturated rings. The summed E-state index contributed by atoms with van der Waals surface area (Å²) in [7, 11) is 1.67. The summed E-state index contributed by atoms with van der Waals surface area (Å²) in [6.45, 7) is 11.7. The monoisotopic (exact) mass is 394 g/mol. The first-order chi connectivity index (χ1) is 13.7. The quantitative estimate of drug-likeness (QED) is 0.674. The highest BCUT2D eigenvalue weighted by Crippen LogP contribution is 2.45. The Morgan fingerprint density at radius 2 is 2.10 bits per heavy atom. The predicted octanol–water partition coefficient (Wildman–Crippen LogP) is 5.56. The molecule has 154 valence electrons. The summed E-state index contributed by atoms with van der Waals surface area (Å²) < 4.78 is 5.68. The normalized spacial score (nSPS) is 18.0. The number of ether oxygens (including phenoxy) is 1. The molecule has 1 aliphatic heterocycles. The van der Waals surface area contributed by atoms with E-state index in [4.69, 9.17) is 4.74 Å². The van der Waals surface area contributed by atoms with Crippen LogP contribution in [0, 0.1) is 6.92 Å². The molecule has 5 nitrogen and oxygen atoms in total. The van der Waals surface area contributed by atoms with Gasteiger partial charge in [-0.1, -0.05) is 13.0 Å². The number of carbonyl (C=O) groups is 1. The number of hydrogen-bond donors (Lipinski definition) is 1. The van der Waals surface area contributed by atoms with Gasteiger partial charge in [-0.3, -0.25) is 4.99 Å². The molecule has 29 heavy (non-hydrogen) atoms. The van der Waals surface area contributed by atoms with Gasteiger partial charge < -0.3 is 14.7 Å². The second-order valence-electron chi connectivity index (χ2n) is 8.33. The zero-order valence-electron chi connectivity index (χ0n) is 18.1. The zero-order valence-corrected chi connectivity index (χ0v) is 18.1. The lowest BCUT2D eigenvalue weighted by Crippen LogP contribution is -2.48. The van der Waals surface area contributed by atoms with E-state index in [1.54, 1.807) is 32.4 Å². The average Bonchev–Trinajstić information content (AvgIpc) is 2.66. The highest BCUT2D eigenvalue weighted by Gasteiger charge is 2.36. The zero-order chi connectivity index (χ0) is 21.3. The third-order valence-electron chi connectivity index (χ3n) is 5.93. The van der Waals surface area contributed by atoms with E-state index in [0.29, 0.717) is 17.2 Å². The Morgan fingerprint density at radius 3 is 2.72 bits per heavy atom. The van der Waals surface area contributed by atoms with Crippen LogP contribution in [0.3, 0.4) is 0 Å².